The number of aliphatic hydroxyl groups excluding tert-OH is 1. The summed E-state index contributed by atoms with van der Waals surface area (Å²) in [4.78, 5) is 18.5. The van der Waals surface area contributed by atoms with Crippen molar-refractivity contribution in [2.75, 3.05) is 25.5 Å². The van der Waals surface area contributed by atoms with Gasteiger partial charge in [-0.3, -0.25) is 4.84 Å². The van der Waals surface area contributed by atoms with Gasteiger partial charge in [-0.2, -0.15) is 0 Å². The van der Waals surface area contributed by atoms with Crippen LogP contribution in [0.15, 0.2) is 59.5 Å². The summed E-state index contributed by atoms with van der Waals surface area (Å²) in [5, 5.41) is 14.0. The lowest BCUT2D eigenvalue weighted by atomic mass is 10.0. The van der Waals surface area contributed by atoms with Gasteiger partial charge in [0, 0.05) is 12.1 Å². The van der Waals surface area contributed by atoms with Crippen LogP contribution in [0.5, 0.6) is 0 Å². The normalized spacial score (nSPS) is 20.1. The Hall–Kier alpha value is -2.70. The third kappa shape index (κ3) is 7.65. The standard InChI is InChI=1S/C26H35N3O7S/c27-20-9-6-12-23(16-20)37(32,33)29(36-21-10-4-5-11-21)17-25(30)24(15-19-7-2-1-3-8-19)28-26(31)35-22-13-14-34-18-22/h1-3,6-9,12,16,21-22,24-25,30H,4-5,10-11,13-15,17-18,27H2,(H,28,31)/t22-,24-,25-/m0/s1. The van der Waals surface area contributed by atoms with Gasteiger partial charge in [-0.05, 0) is 43.0 Å². The number of nitrogen functional groups attached to an aromatic ring is 1. The van der Waals surface area contributed by atoms with Crippen LogP contribution in [-0.2, 0) is 30.8 Å². The summed E-state index contributed by atoms with van der Waals surface area (Å²) in [6, 6.07) is 14.4. The van der Waals surface area contributed by atoms with Gasteiger partial charge in [-0.1, -0.05) is 53.7 Å². The SMILES string of the molecule is Nc1cccc(S(=O)(=O)N(C[C@H](O)[C@H](Cc2ccccc2)NC(=O)O[C@H]2CCOC2)OC2CCCC2)c1. The summed E-state index contributed by atoms with van der Waals surface area (Å²) in [5.41, 5.74) is 6.99. The number of carbonyl (C=O) groups excluding carboxylic acids is 1. The molecule has 202 valence electrons. The van der Waals surface area contributed by atoms with E-state index in [1.807, 2.05) is 30.3 Å². The van der Waals surface area contributed by atoms with Gasteiger partial charge in [0.25, 0.3) is 10.0 Å². The molecule has 1 aliphatic heterocycles. The van der Waals surface area contributed by atoms with Crippen molar-refractivity contribution in [2.45, 2.75) is 67.8 Å². The van der Waals surface area contributed by atoms with Crippen molar-refractivity contribution < 1.29 is 32.6 Å². The molecule has 1 amide bonds. The fourth-order valence-corrected chi connectivity index (χ4v) is 5.88. The molecule has 10 nitrogen and oxygen atoms in total. The van der Waals surface area contributed by atoms with Crippen molar-refractivity contribution in [1.82, 2.24) is 9.79 Å². The van der Waals surface area contributed by atoms with Gasteiger partial charge >= 0.3 is 6.09 Å². The maximum absolute atomic E-state index is 13.5. The lowest BCUT2D eigenvalue weighted by Crippen LogP contribution is -2.51. The van der Waals surface area contributed by atoms with E-state index in [4.69, 9.17) is 20.0 Å². The molecule has 4 N–H and O–H groups in total. The molecule has 2 fully saturated rings. The van der Waals surface area contributed by atoms with Crippen molar-refractivity contribution in [3.05, 3.63) is 60.2 Å². The molecule has 0 unspecified atom stereocenters. The molecule has 37 heavy (non-hydrogen) atoms. The van der Waals surface area contributed by atoms with E-state index in [0.29, 0.717) is 25.3 Å². The highest BCUT2D eigenvalue weighted by Crippen LogP contribution is 2.26. The van der Waals surface area contributed by atoms with E-state index in [1.165, 1.54) is 12.1 Å². The third-order valence-electron chi connectivity index (χ3n) is 6.56. The van der Waals surface area contributed by atoms with Crippen molar-refractivity contribution in [3.8, 4) is 0 Å². The smallest absolute Gasteiger partial charge is 0.407 e. The van der Waals surface area contributed by atoms with Crippen LogP contribution in [0.25, 0.3) is 0 Å². The Kier molecular flexibility index (Phi) is 9.38. The average molecular weight is 534 g/mol. The second-order valence-corrected chi connectivity index (χ2v) is 11.3. The molecular formula is C26H35N3O7S. The van der Waals surface area contributed by atoms with Crippen molar-refractivity contribution >= 4 is 21.8 Å². The Labute approximate surface area is 217 Å². The van der Waals surface area contributed by atoms with Crippen molar-refractivity contribution in [1.29, 1.82) is 0 Å². The molecule has 0 radical (unpaired) electrons. The molecular weight excluding hydrogens is 498 g/mol. The number of sulfonamides is 1. The molecule has 4 rings (SSSR count). The molecule has 11 heteroatoms. The number of rotatable bonds is 11. The molecule has 1 aliphatic carbocycles. The van der Waals surface area contributed by atoms with Crippen LogP contribution < -0.4 is 11.1 Å². The van der Waals surface area contributed by atoms with Crippen LogP contribution in [0.2, 0.25) is 0 Å². The van der Waals surface area contributed by atoms with E-state index < -0.39 is 34.8 Å². The lowest BCUT2D eigenvalue weighted by molar-refractivity contribution is -0.145. The summed E-state index contributed by atoms with van der Waals surface area (Å²) in [6.45, 7) is 0.447. The Morgan fingerprint density at radius 2 is 1.86 bits per heavy atom. The number of aliphatic hydroxyl groups is 1. The van der Waals surface area contributed by atoms with E-state index in [9.17, 15) is 18.3 Å². The van der Waals surface area contributed by atoms with Crippen LogP contribution in [0.1, 0.15) is 37.7 Å². The average Bonchev–Trinajstić information content (AvgIpc) is 3.58. The number of nitrogens with one attached hydrogen (secondary N) is 1. The molecule has 2 aromatic rings. The number of carbonyl (C=O) groups is 1. The van der Waals surface area contributed by atoms with Gasteiger partial charge in [0.2, 0.25) is 0 Å². The second-order valence-electron chi connectivity index (χ2n) is 9.47. The fraction of sp³-hybridized carbons (Fsp3) is 0.500. The minimum absolute atomic E-state index is 0.0362. The minimum Gasteiger partial charge on any atom is -0.444 e. The van der Waals surface area contributed by atoms with E-state index >= 15 is 0 Å². The van der Waals surface area contributed by atoms with Crippen LogP contribution in [0.3, 0.4) is 0 Å². The maximum Gasteiger partial charge on any atom is 0.407 e. The first-order valence-electron chi connectivity index (χ1n) is 12.6. The minimum atomic E-state index is -4.15. The summed E-state index contributed by atoms with van der Waals surface area (Å²) in [6.07, 6.45) is 1.54. The van der Waals surface area contributed by atoms with Gasteiger partial charge < -0.3 is 25.6 Å². The first-order chi connectivity index (χ1) is 17.8. The zero-order valence-corrected chi connectivity index (χ0v) is 21.5. The molecule has 3 atom stereocenters. The topological polar surface area (TPSA) is 140 Å². The summed E-state index contributed by atoms with van der Waals surface area (Å²) in [7, 11) is -4.15. The van der Waals surface area contributed by atoms with Crippen molar-refractivity contribution in [3.63, 3.8) is 0 Å². The van der Waals surface area contributed by atoms with E-state index in [1.54, 1.807) is 12.1 Å². The lowest BCUT2D eigenvalue weighted by Gasteiger charge is -2.30. The zero-order valence-electron chi connectivity index (χ0n) is 20.7. The van der Waals surface area contributed by atoms with Gasteiger partial charge in [-0.15, -0.1) is 0 Å². The number of hydroxylamine groups is 1. The van der Waals surface area contributed by atoms with Crippen LogP contribution >= 0.6 is 0 Å². The van der Waals surface area contributed by atoms with Crippen LogP contribution in [0, 0.1) is 0 Å². The Bertz CT molecular complexity index is 1120. The predicted octanol–water partition coefficient (Wildman–Crippen LogP) is 2.62. The molecule has 2 aromatic carbocycles. The highest BCUT2D eigenvalue weighted by atomic mass is 32.2. The van der Waals surface area contributed by atoms with E-state index in [-0.39, 0.29) is 23.5 Å². The third-order valence-corrected chi connectivity index (χ3v) is 8.18. The fourth-order valence-electron chi connectivity index (χ4n) is 4.52. The van der Waals surface area contributed by atoms with Crippen LogP contribution in [-0.4, -0.2) is 68.2 Å². The number of alkyl carbamates (subject to hydrolysis) is 1. The van der Waals surface area contributed by atoms with Gasteiger partial charge in [0.1, 0.15) is 6.10 Å². The Morgan fingerprint density at radius 3 is 2.54 bits per heavy atom. The highest BCUT2D eigenvalue weighted by molar-refractivity contribution is 7.89. The summed E-state index contributed by atoms with van der Waals surface area (Å²) in [5.74, 6) is 0. The van der Waals surface area contributed by atoms with Gasteiger partial charge in [-0.25, -0.2) is 13.2 Å². The largest absolute Gasteiger partial charge is 0.444 e. The number of amides is 1. The Morgan fingerprint density at radius 1 is 1.11 bits per heavy atom. The Balaban J connectivity index is 1.54. The number of anilines is 1. The summed E-state index contributed by atoms with van der Waals surface area (Å²) >= 11 is 0. The first-order valence-corrected chi connectivity index (χ1v) is 14.1. The number of hydrogen-bond acceptors (Lipinski definition) is 8. The summed E-state index contributed by atoms with van der Waals surface area (Å²) < 4.78 is 38.6. The molecule has 0 aromatic heterocycles. The number of nitrogens with two attached hydrogens (primary N) is 1. The molecule has 0 spiro atoms. The van der Waals surface area contributed by atoms with E-state index in [2.05, 4.69) is 5.32 Å². The second kappa shape index (κ2) is 12.7. The molecule has 1 heterocycles. The van der Waals surface area contributed by atoms with Crippen LogP contribution in [0.4, 0.5) is 10.5 Å². The molecule has 0 bridgehead atoms. The van der Waals surface area contributed by atoms with E-state index in [0.717, 1.165) is 35.7 Å². The quantitative estimate of drug-likeness (QED) is 0.296. The predicted molar refractivity (Wildman–Crippen MR) is 137 cm³/mol. The zero-order chi connectivity index (χ0) is 26.3. The number of ether oxygens (including phenoxy) is 2. The highest BCUT2D eigenvalue weighted by Gasteiger charge is 2.35. The maximum atomic E-state index is 13.5. The monoisotopic (exact) mass is 533 g/mol. The molecule has 1 saturated heterocycles. The van der Waals surface area contributed by atoms with Gasteiger partial charge in [0.05, 0.1) is 42.9 Å². The first kappa shape index (κ1) is 27.3. The number of hydrogen-bond donors (Lipinski definition) is 3. The van der Waals surface area contributed by atoms with Crippen molar-refractivity contribution in [2.24, 2.45) is 0 Å². The number of nitrogens with zero attached hydrogens (tertiary/aromatic N) is 1. The number of benzene rings is 2. The van der Waals surface area contributed by atoms with Gasteiger partial charge in [0.15, 0.2) is 0 Å². The molecule has 2 aliphatic rings. The molecule has 1 saturated carbocycles.